The van der Waals surface area contributed by atoms with Crippen molar-refractivity contribution in [3.05, 3.63) is 42.4 Å². The summed E-state index contributed by atoms with van der Waals surface area (Å²) in [5, 5.41) is 0. The highest BCUT2D eigenvalue weighted by atomic mass is 16.3. The maximum absolute atomic E-state index is 12.4. The number of carbonyl (C=O) groups is 1. The second-order valence-corrected chi connectivity index (χ2v) is 6.94. The second kappa shape index (κ2) is 6.81. The first-order valence-corrected chi connectivity index (χ1v) is 8.80. The number of piperidine rings is 2. The fourth-order valence-corrected chi connectivity index (χ4v) is 4.16. The molecule has 2 fully saturated rings. The standard InChI is InChI=1S/C18H24N4O2/c23-18-2-1-15-11-21(10-14-5-8-24-12-14)6-4-17(15)22(18)7-3-16-9-19-13-20-16/h5,8-9,12-13,15,17H,1-4,6-7,10-11H2,(H,19,20)/t15-,17+/m1/s1. The van der Waals surface area contributed by atoms with Crippen LogP contribution in [0, 0.1) is 5.92 Å². The Balaban J connectivity index is 1.37. The second-order valence-electron chi connectivity index (χ2n) is 6.94. The van der Waals surface area contributed by atoms with Gasteiger partial charge in [0.25, 0.3) is 0 Å². The molecule has 0 radical (unpaired) electrons. The number of nitrogens with one attached hydrogen (secondary N) is 1. The Morgan fingerprint density at radius 3 is 3.12 bits per heavy atom. The summed E-state index contributed by atoms with van der Waals surface area (Å²) in [6.07, 6.45) is 10.7. The molecule has 1 amide bonds. The molecule has 2 aromatic heterocycles. The van der Waals surface area contributed by atoms with Gasteiger partial charge in [0.2, 0.25) is 5.91 Å². The Hall–Kier alpha value is -2.08. The highest BCUT2D eigenvalue weighted by Crippen LogP contribution is 2.32. The number of hydrogen-bond acceptors (Lipinski definition) is 4. The molecule has 6 nitrogen and oxygen atoms in total. The number of amides is 1. The van der Waals surface area contributed by atoms with Gasteiger partial charge in [-0.05, 0) is 24.8 Å². The summed E-state index contributed by atoms with van der Waals surface area (Å²) in [7, 11) is 0. The predicted molar refractivity (Wildman–Crippen MR) is 89.1 cm³/mol. The molecule has 2 atom stereocenters. The maximum Gasteiger partial charge on any atom is 0.222 e. The van der Waals surface area contributed by atoms with Crippen molar-refractivity contribution in [1.29, 1.82) is 0 Å². The van der Waals surface area contributed by atoms with E-state index in [1.807, 2.05) is 18.5 Å². The van der Waals surface area contributed by atoms with E-state index in [1.165, 1.54) is 5.56 Å². The molecule has 128 valence electrons. The van der Waals surface area contributed by atoms with Crippen molar-refractivity contribution in [1.82, 2.24) is 19.8 Å². The SMILES string of the molecule is O=C1CC[C@@H]2CN(Cc3ccoc3)CC[C@@H]2N1CCc1cnc[nH]1. The lowest BCUT2D eigenvalue weighted by molar-refractivity contribution is -0.141. The number of fused-ring (bicyclic) bond motifs is 1. The number of hydrogen-bond donors (Lipinski definition) is 1. The van der Waals surface area contributed by atoms with Gasteiger partial charge in [-0.25, -0.2) is 4.98 Å². The zero-order valence-corrected chi connectivity index (χ0v) is 13.9. The van der Waals surface area contributed by atoms with Crippen molar-refractivity contribution in [2.75, 3.05) is 19.6 Å². The topological polar surface area (TPSA) is 65.4 Å². The monoisotopic (exact) mass is 328 g/mol. The highest BCUT2D eigenvalue weighted by molar-refractivity contribution is 5.77. The average Bonchev–Trinajstić information content (AvgIpc) is 3.28. The molecule has 0 spiro atoms. The van der Waals surface area contributed by atoms with Crippen molar-refractivity contribution in [3.8, 4) is 0 Å². The van der Waals surface area contributed by atoms with E-state index >= 15 is 0 Å². The molecular formula is C18H24N4O2. The van der Waals surface area contributed by atoms with E-state index in [2.05, 4.69) is 19.8 Å². The average molecular weight is 328 g/mol. The van der Waals surface area contributed by atoms with Gasteiger partial charge in [-0.2, -0.15) is 0 Å². The smallest absolute Gasteiger partial charge is 0.222 e. The molecule has 0 bridgehead atoms. The lowest BCUT2D eigenvalue weighted by Gasteiger charge is -2.47. The quantitative estimate of drug-likeness (QED) is 0.912. The number of aromatic nitrogens is 2. The number of imidazole rings is 1. The van der Waals surface area contributed by atoms with Gasteiger partial charge in [0.05, 0.1) is 18.9 Å². The molecule has 0 saturated carbocycles. The summed E-state index contributed by atoms with van der Waals surface area (Å²) in [5.41, 5.74) is 2.33. The Morgan fingerprint density at radius 1 is 1.38 bits per heavy atom. The number of nitrogens with zero attached hydrogens (tertiary/aromatic N) is 3. The molecule has 2 aliphatic heterocycles. The fourth-order valence-electron chi connectivity index (χ4n) is 4.16. The first-order valence-electron chi connectivity index (χ1n) is 8.80. The van der Waals surface area contributed by atoms with Crippen molar-refractivity contribution >= 4 is 5.91 Å². The van der Waals surface area contributed by atoms with Gasteiger partial charge in [0.1, 0.15) is 0 Å². The Bertz CT molecular complexity index is 653. The van der Waals surface area contributed by atoms with Gasteiger partial charge >= 0.3 is 0 Å². The molecule has 2 aromatic rings. The van der Waals surface area contributed by atoms with Gasteiger partial charge in [-0.15, -0.1) is 0 Å². The van der Waals surface area contributed by atoms with Crippen LogP contribution in [0.25, 0.3) is 0 Å². The van der Waals surface area contributed by atoms with Gasteiger partial charge in [-0.1, -0.05) is 0 Å². The molecule has 4 heterocycles. The summed E-state index contributed by atoms with van der Waals surface area (Å²) in [5.74, 6) is 0.907. The minimum atomic E-state index is 0.319. The first kappa shape index (κ1) is 15.4. The van der Waals surface area contributed by atoms with E-state index in [0.29, 0.717) is 24.3 Å². The van der Waals surface area contributed by atoms with Gasteiger partial charge < -0.3 is 14.3 Å². The summed E-state index contributed by atoms with van der Waals surface area (Å²) in [6, 6.07) is 2.43. The molecule has 2 saturated heterocycles. The zero-order valence-electron chi connectivity index (χ0n) is 13.9. The lowest BCUT2D eigenvalue weighted by atomic mass is 9.83. The minimum Gasteiger partial charge on any atom is -0.472 e. The van der Waals surface area contributed by atoms with Crippen LogP contribution in [0.4, 0.5) is 0 Å². The van der Waals surface area contributed by atoms with Crippen LogP contribution in [-0.2, 0) is 17.8 Å². The van der Waals surface area contributed by atoms with Crippen LogP contribution in [0.1, 0.15) is 30.5 Å². The minimum absolute atomic E-state index is 0.319. The van der Waals surface area contributed by atoms with Gasteiger partial charge in [-0.3, -0.25) is 9.69 Å². The Labute approximate surface area is 141 Å². The molecule has 24 heavy (non-hydrogen) atoms. The van der Waals surface area contributed by atoms with Crippen LogP contribution < -0.4 is 0 Å². The Morgan fingerprint density at radius 2 is 2.33 bits per heavy atom. The van der Waals surface area contributed by atoms with Crippen LogP contribution in [0.15, 0.2) is 35.5 Å². The molecule has 2 aliphatic rings. The third-order valence-corrected chi connectivity index (χ3v) is 5.39. The first-order chi connectivity index (χ1) is 11.8. The Kier molecular flexibility index (Phi) is 4.38. The van der Waals surface area contributed by atoms with E-state index in [-0.39, 0.29) is 0 Å². The molecule has 0 aliphatic carbocycles. The van der Waals surface area contributed by atoms with Gasteiger partial charge in [0, 0.05) is 62.5 Å². The van der Waals surface area contributed by atoms with E-state index in [0.717, 1.165) is 51.1 Å². The summed E-state index contributed by atoms with van der Waals surface area (Å²) in [6.45, 7) is 3.86. The third kappa shape index (κ3) is 3.24. The largest absolute Gasteiger partial charge is 0.472 e. The molecule has 6 heteroatoms. The van der Waals surface area contributed by atoms with E-state index in [4.69, 9.17) is 4.42 Å². The van der Waals surface area contributed by atoms with Crippen molar-refractivity contribution in [2.45, 2.75) is 38.3 Å². The number of furan rings is 1. The molecule has 4 rings (SSSR count). The normalized spacial score (nSPS) is 25.0. The summed E-state index contributed by atoms with van der Waals surface area (Å²) < 4.78 is 5.17. The molecule has 1 N–H and O–H groups in total. The zero-order chi connectivity index (χ0) is 16.4. The van der Waals surface area contributed by atoms with Crippen LogP contribution in [-0.4, -0.2) is 51.4 Å². The number of rotatable bonds is 5. The highest BCUT2D eigenvalue weighted by Gasteiger charge is 2.38. The van der Waals surface area contributed by atoms with Gasteiger partial charge in [0.15, 0.2) is 0 Å². The molecule has 0 aromatic carbocycles. The molecule has 0 unspecified atom stereocenters. The number of aromatic amines is 1. The van der Waals surface area contributed by atoms with E-state index < -0.39 is 0 Å². The van der Waals surface area contributed by atoms with Crippen LogP contribution in [0.2, 0.25) is 0 Å². The van der Waals surface area contributed by atoms with Crippen molar-refractivity contribution < 1.29 is 9.21 Å². The predicted octanol–water partition coefficient (Wildman–Crippen LogP) is 2.06. The fraction of sp³-hybridized carbons (Fsp3) is 0.556. The lowest BCUT2D eigenvalue weighted by Crippen LogP contribution is -2.56. The number of likely N-dealkylation sites (tertiary alicyclic amines) is 2. The summed E-state index contributed by atoms with van der Waals surface area (Å²) in [4.78, 5) is 24.2. The van der Waals surface area contributed by atoms with Crippen LogP contribution in [0.5, 0.6) is 0 Å². The number of carbonyl (C=O) groups excluding carboxylic acids is 1. The van der Waals surface area contributed by atoms with Crippen molar-refractivity contribution in [2.24, 2.45) is 5.92 Å². The summed E-state index contributed by atoms with van der Waals surface area (Å²) >= 11 is 0. The third-order valence-electron chi connectivity index (χ3n) is 5.39. The molecular weight excluding hydrogens is 304 g/mol. The van der Waals surface area contributed by atoms with E-state index in [1.54, 1.807) is 12.6 Å². The van der Waals surface area contributed by atoms with Crippen LogP contribution in [0.3, 0.4) is 0 Å². The number of H-pyrrole nitrogens is 1. The van der Waals surface area contributed by atoms with Crippen molar-refractivity contribution in [3.63, 3.8) is 0 Å². The maximum atomic E-state index is 12.4. The van der Waals surface area contributed by atoms with Crippen LogP contribution >= 0.6 is 0 Å². The van der Waals surface area contributed by atoms with E-state index in [9.17, 15) is 4.79 Å².